The fourth-order valence-electron chi connectivity index (χ4n) is 2.42. The van der Waals surface area contributed by atoms with Gasteiger partial charge in [-0.15, -0.1) is 11.3 Å². The van der Waals surface area contributed by atoms with E-state index in [0.29, 0.717) is 18.0 Å². The molecular formula is C15H18N4O2S. The first-order valence-corrected chi connectivity index (χ1v) is 8.20. The average Bonchev–Trinajstić information content (AvgIpc) is 3.00. The lowest BCUT2D eigenvalue weighted by molar-refractivity contribution is 0.0779. The minimum atomic E-state index is -0.110. The van der Waals surface area contributed by atoms with Crippen LogP contribution in [0.1, 0.15) is 45.6 Å². The van der Waals surface area contributed by atoms with Crippen molar-refractivity contribution in [3.8, 4) is 0 Å². The Morgan fingerprint density at radius 3 is 3.14 bits per heavy atom. The average molecular weight is 318 g/mol. The number of hydrogen-bond acceptors (Lipinski definition) is 6. The number of hydrogen-bond donors (Lipinski definition) is 1. The van der Waals surface area contributed by atoms with E-state index in [1.54, 1.807) is 11.7 Å². The number of amides is 1. The molecular weight excluding hydrogens is 300 g/mol. The van der Waals surface area contributed by atoms with Gasteiger partial charge in [0.1, 0.15) is 10.7 Å². The van der Waals surface area contributed by atoms with Gasteiger partial charge in [-0.2, -0.15) is 0 Å². The van der Waals surface area contributed by atoms with Crippen LogP contribution in [0.3, 0.4) is 0 Å². The van der Waals surface area contributed by atoms with E-state index < -0.39 is 0 Å². The second-order valence-corrected chi connectivity index (χ2v) is 6.12. The number of nitrogens with one attached hydrogen (secondary N) is 1. The Balaban J connectivity index is 1.63. The van der Waals surface area contributed by atoms with Gasteiger partial charge in [0.2, 0.25) is 0 Å². The fraction of sp³-hybridized carbons (Fsp3) is 0.467. The molecule has 7 heteroatoms. The van der Waals surface area contributed by atoms with Crippen molar-refractivity contribution < 1.29 is 9.53 Å². The molecule has 22 heavy (non-hydrogen) atoms. The minimum Gasteiger partial charge on any atom is -0.381 e. The number of nitrogens with zero attached hydrogens (tertiary/aromatic N) is 3. The zero-order chi connectivity index (χ0) is 15.4. The van der Waals surface area contributed by atoms with Crippen molar-refractivity contribution in [3.05, 3.63) is 39.9 Å². The molecule has 1 fully saturated rings. The highest BCUT2D eigenvalue weighted by atomic mass is 32.1. The van der Waals surface area contributed by atoms with Gasteiger partial charge in [-0.05, 0) is 25.8 Å². The number of carbonyl (C=O) groups excluding carboxylic acids is 1. The molecule has 3 heterocycles. The van der Waals surface area contributed by atoms with Crippen molar-refractivity contribution in [1.82, 2.24) is 20.3 Å². The van der Waals surface area contributed by atoms with Gasteiger partial charge in [0.05, 0.1) is 30.1 Å². The van der Waals surface area contributed by atoms with E-state index in [-0.39, 0.29) is 11.8 Å². The lowest BCUT2D eigenvalue weighted by Crippen LogP contribution is -2.24. The lowest BCUT2D eigenvalue weighted by Gasteiger charge is -2.20. The molecule has 6 nitrogen and oxygen atoms in total. The summed E-state index contributed by atoms with van der Waals surface area (Å²) >= 11 is 1.35. The van der Waals surface area contributed by atoms with Crippen LogP contribution in [0.2, 0.25) is 0 Å². The number of thiazole rings is 1. The number of aromatic nitrogens is 3. The van der Waals surface area contributed by atoms with Crippen LogP contribution in [-0.4, -0.2) is 34.1 Å². The highest BCUT2D eigenvalue weighted by molar-refractivity contribution is 7.11. The first kappa shape index (κ1) is 15.1. The quantitative estimate of drug-likeness (QED) is 0.934. The number of ether oxygens (including phenoxy) is 1. The maximum Gasteiger partial charge on any atom is 0.263 e. The van der Waals surface area contributed by atoms with E-state index >= 15 is 0 Å². The maximum atomic E-state index is 12.1. The van der Waals surface area contributed by atoms with Crippen molar-refractivity contribution in [2.24, 2.45) is 0 Å². The van der Waals surface area contributed by atoms with Gasteiger partial charge in [-0.25, -0.2) is 15.0 Å². The van der Waals surface area contributed by atoms with E-state index in [1.807, 2.05) is 13.0 Å². The molecule has 0 aromatic carbocycles. The Morgan fingerprint density at radius 2 is 2.41 bits per heavy atom. The lowest BCUT2D eigenvalue weighted by atomic mass is 10.0. The zero-order valence-electron chi connectivity index (χ0n) is 12.4. The number of carbonyl (C=O) groups is 1. The molecule has 1 N–H and O–H groups in total. The van der Waals surface area contributed by atoms with Crippen molar-refractivity contribution in [3.63, 3.8) is 0 Å². The van der Waals surface area contributed by atoms with Crippen LogP contribution in [0.15, 0.2) is 17.8 Å². The molecule has 0 saturated carbocycles. The smallest absolute Gasteiger partial charge is 0.263 e. The molecule has 0 radical (unpaired) electrons. The Morgan fingerprint density at radius 1 is 1.50 bits per heavy atom. The SMILES string of the molecule is Cc1ncsc1C(=O)NCc1ccnc(C2CCCOC2)n1. The molecule has 2 aromatic heterocycles. The molecule has 0 aliphatic carbocycles. The first-order valence-electron chi connectivity index (χ1n) is 7.32. The molecule has 1 atom stereocenters. The van der Waals surface area contributed by atoms with Gasteiger partial charge in [-0.3, -0.25) is 4.79 Å². The molecule has 1 aliphatic rings. The number of rotatable bonds is 4. The third kappa shape index (κ3) is 3.48. The molecule has 0 spiro atoms. The molecule has 116 valence electrons. The highest BCUT2D eigenvalue weighted by Crippen LogP contribution is 2.22. The Labute approximate surface area is 133 Å². The first-order chi connectivity index (χ1) is 10.7. The molecule has 1 aliphatic heterocycles. The molecule has 2 aromatic rings. The van der Waals surface area contributed by atoms with Crippen LogP contribution in [0.25, 0.3) is 0 Å². The summed E-state index contributed by atoms with van der Waals surface area (Å²) in [5, 5.41) is 2.88. The third-order valence-electron chi connectivity index (χ3n) is 3.64. The van der Waals surface area contributed by atoms with Crippen LogP contribution in [0.4, 0.5) is 0 Å². The molecule has 1 saturated heterocycles. The zero-order valence-corrected chi connectivity index (χ0v) is 13.2. The molecule has 1 unspecified atom stereocenters. The topological polar surface area (TPSA) is 77.0 Å². The Bertz CT molecular complexity index is 652. The van der Waals surface area contributed by atoms with E-state index in [9.17, 15) is 4.79 Å². The highest BCUT2D eigenvalue weighted by Gasteiger charge is 2.19. The van der Waals surface area contributed by atoms with E-state index in [4.69, 9.17) is 4.74 Å². The van der Waals surface area contributed by atoms with Gasteiger partial charge in [0.25, 0.3) is 5.91 Å². The summed E-state index contributed by atoms with van der Waals surface area (Å²) in [6.07, 6.45) is 3.84. The Kier molecular flexibility index (Phi) is 4.74. The van der Waals surface area contributed by atoms with E-state index in [0.717, 1.165) is 36.7 Å². The van der Waals surface area contributed by atoms with Gasteiger partial charge >= 0.3 is 0 Å². The summed E-state index contributed by atoms with van der Waals surface area (Å²) in [5.74, 6) is 0.953. The standard InChI is InChI=1S/C15H18N4O2S/c1-10-13(22-9-18-10)15(20)17-7-12-4-5-16-14(19-12)11-3-2-6-21-8-11/h4-5,9,11H,2-3,6-8H2,1H3,(H,17,20). The second-order valence-electron chi connectivity index (χ2n) is 5.27. The molecule has 3 rings (SSSR count). The van der Waals surface area contributed by atoms with Crippen LogP contribution >= 0.6 is 11.3 Å². The van der Waals surface area contributed by atoms with E-state index in [1.165, 1.54) is 11.3 Å². The summed E-state index contributed by atoms with van der Waals surface area (Å²) in [5.41, 5.74) is 3.24. The van der Waals surface area contributed by atoms with Crippen molar-refractivity contribution >= 4 is 17.2 Å². The van der Waals surface area contributed by atoms with Crippen LogP contribution < -0.4 is 5.32 Å². The minimum absolute atomic E-state index is 0.110. The van der Waals surface area contributed by atoms with Crippen molar-refractivity contribution in [2.45, 2.75) is 32.2 Å². The van der Waals surface area contributed by atoms with Gasteiger partial charge in [-0.1, -0.05) is 0 Å². The summed E-state index contributed by atoms with van der Waals surface area (Å²) in [6.45, 7) is 3.72. The Hall–Kier alpha value is -1.86. The molecule has 0 bridgehead atoms. The monoisotopic (exact) mass is 318 g/mol. The normalized spacial score (nSPS) is 18.1. The van der Waals surface area contributed by atoms with Crippen molar-refractivity contribution in [1.29, 1.82) is 0 Å². The second kappa shape index (κ2) is 6.93. The summed E-state index contributed by atoms with van der Waals surface area (Å²) in [4.78, 5) is 25.7. The third-order valence-corrected chi connectivity index (χ3v) is 4.57. The van der Waals surface area contributed by atoms with Crippen LogP contribution in [0, 0.1) is 6.92 Å². The summed E-state index contributed by atoms with van der Waals surface area (Å²) in [6, 6.07) is 1.83. The van der Waals surface area contributed by atoms with Crippen molar-refractivity contribution in [2.75, 3.05) is 13.2 Å². The largest absolute Gasteiger partial charge is 0.381 e. The van der Waals surface area contributed by atoms with Gasteiger partial charge in [0.15, 0.2) is 0 Å². The van der Waals surface area contributed by atoms with Crippen LogP contribution in [-0.2, 0) is 11.3 Å². The van der Waals surface area contributed by atoms with Gasteiger partial charge < -0.3 is 10.1 Å². The van der Waals surface area contributed by atoms with E-state index in [2.05, 4.69) is 20.3 Å². The fourth-order valence-corrected chi connectivity index (χ4v) is 3.14. The predicted molar refractivity (Wildman–Crippen MR) is 82.8 cm³/mol. The number of aryl methyl sites for hydroxylation is 1. The maximum absolute atomic E-state index is 12.1. The molecule has 1 amide bonds. The van der Waals surface area contributed by atoms with Crippen LogP contribution in [0.5, 0.6) is 0 Å². The summed E-state index contributed by atoms with van der Waals surface area (Å²) < 4.78 is 5.48. The summed E-state index contributed by atoms with van der Waals surface area (Å²) in [7, 11) is 0. The van der Waals surface area contributed by atoms with Gasteiger partial charge in [0, 0.05) is 18.7 Å². The predicted octanol–water partition coefficient (Wildman–Crippen LogP) is 2.07.